The quantitative estimate of drug-likeness (QED) is 0.927. The first kappa shape index (κ1) is 14.4. The summed E-state index contributed by atoms with van der Waals surface area (Å²) >= 11 is 1.74. The summed E-state index contributed by atoms with van der Waals surface area (Å²) in [6, 6.07) is 0.472. The second-order valence-corrected chi connectivity index (χ2v) is 7.30. The van der Waals surface area contributed by atoms with E-state index >= 15 is 0 Å². The van der Waals surface area contributed by atoms with Gasteiger partial charge in [-0.25, -0.2) is 4.98 Å². The fourth-order valence-electron chi connectivity index (χ4n) is 3.40. The molecule has 2 aliphatic heterocycles. The number of likely N-dealkylation sites (tertiary alicyclic amines) is 1. The van der Waals surface area contributed by atoms with Gasteiger partial charge in [-0.3, -0.25) is 0 Å². The van der Waals surface area contributed by atoms with Gasteiger partial charge in [-0.15, -0.1) is 11.3 Å². The van der Waals surface area contributed by atoms with Crippen molar-refractivity contribution < 1.29 is 4.74 Å². The van der Waals surface area contributed by atoms with Gasteiger partial charge >= 0.3 is 0 Å². The van der Waals surface area contributed by atoms with Crippen molar-refractivity contribution in [3.05, 3.63) is 16.1 Å². The van der Waals surface area contributed by atoms with Crippen LogP contribution in [0.2, 0.25) is 0 Å². The maximum Gasteiger partial charge on any atom is 0.0798 e. The van der Waals surface area contributed by atoms with E-state index in [-0.39, 0.29) is 5.60 Å². The number of nitrogens with one attached hydrogen (secondary N) is 1. The third-order valence-electron chi connectivity index (χ3n) is 4.86. The van der Waals surface area contributed by atoms with Gasteiger partial charge in [0, 0.05) is 30.6 Å². The van der Waals surface area contributed by atoms with Gasteiger partial charge in [-0.2, -0.15) is 0 Å². The number of piperidine rings is 1. The monoisotopic (exact) mass is 295 g/mol. The highest BCUT2D eigenvalue weighted by Gasteiger charge is 2.45. The van der Waals surface area contributed by atoms with Crippen LogP contribution >= 0.6 is 11.3 Å². The van der Waals surface area contributed by atoms with Gasteiger partial charge < -0.3 is 15.0 Å². The molecule has 0 amide bonds. The normalized spacial score (nSPS) is 30.1. The van der Waals surface area contributed by atoms with Crippen molar-refractivity contribution in [3.63, 3.8) is 0 Å². The van der Waals surface area contributed by atoms with E-state index in [9.17, 15) is 0 Å². The Balaban J connectivity index is 1.57. The molecule has 1 N–H and O–H groups in total. The zero-order valence-electron chi connectivity index (χ0n) is 12.7. The molecule has 2 saturated heterocycles. The lowest BCUT2D eigenvalue weighted by Crippen LogP contribution is -2.43. The fourth-order valence-corrected chi connectivity index (χ4v) is 4.13. The first-order chi connectivity index (χ1) is 9.58. The molecule has 0 aromatic carbocycles. The van der Waals surface area contributed by atoms with Crippen LogP contribution in [0.25, 0.3) is 0 Å². The molecule has 2 aliphatic rings. The largest absolute Gasteiger partial charge is 0.370 e. The van der Waals surface area contributed by atoms with Gasteiger partial charge in [0.25, 0.3) is 0 Å². The number of hydrogen-bond acceptors (Lipinski definition) is 5. The number of nitrogens with zero attached hydrogens (tertiary/aromatic N) is 2. The first-order valence-electron chi connectivity index (χ1n) is 7.57. The Morgan fingerprint density at radius 1 is 1.50 bits per heavy atom. The van der Waals surface area contributed by atoms with Gasteiger partial charge in [0.1, 0.15) is 0 Å². The molecular formula is C15H25N3OS. The number of hydrogen-bond donors (Lipinski definition) is 1. The summed E-state index contributed by atoms with van der Waals surface area (Å²) in [7, 11) is 2.20. The van der Waals surface area contributed by atoms with E-state index in [1.54, 1.807) is 11.3 Å². The van der Waals surface area contributed by atoms with E-state index in [1.165, 1.54) is 17.7 Å². The molecule has 0 saturated carbocycles. The average molecular weight is 295 g/mol. The molecule has 0 unspecified atom stereocenters. The van der Waals surface area contributed by atoms with Crippen LogP contribution in [0.3, 0.4) is 0 Å². The predicted molar refractivity (Wildman–Crippen MR) is 82.1 cm³/mol. The second kappa shape index (κ2) is 5.72. The van der Waals surface area contributed by atoms with E-state index in [1.807, 2.05) is 5.51 Å². The molecule has 0 aliphatic carbocycles. The summed E-state index contributed by atoms with van der Waals surface area (Å²) in [6.07, 6.45) is 3.81. The number of rotatable bonds is 3. The van der Waals surface area contributed by atoms with Crippen molar-refractivity contribution in [2.24, 2.45) is 0 Å². The summed E-state index contributed by atoms with van der Waals surface area (Å²) in [4.78, 5) is 8.07. The minimum Gasteiger partial charge on any atom is -0.370 e. The van der Waals surface area contributed by atoms with Crippen LogP contribution in [-0.4, -0.2) is 47.8 Å². The molecule has 0 radical (unpaired) electrons. The minimum atomic E-state index is 0.131. The standard InChI is InChI=1S/C15H25N3OS/c1-11-14(20-10-17-11)9-16-13-8-15(19-12(13)2)4-6-18(3)7-5-15/h10,12-13,16H,4-9H2,1-3H3/t12-,13-/m0/s1. The Bertz CT molecular complexity index is 454. The Hall–Kier alpha value is -0.490. The predicted octanol–water partition coefficient (Wildman–Crippen LogP) is 2.18. The molecule has 1 spiro atoms. The average Bonchev–Trinajstić information content (AvgIpc) is 2.96. The first-order valence-corrected chi connectivity index (χ1v) is 8.45. The Morgan fingerprint density at radius 2 is 2.25 bits per heavy atom. The van der Waals surface area contributed by atoms with E-state index in [0.29, 0.717) is 12.1 Å². The Kier molecular flexibility index (Phi) is 4.13. The second-order valence-electron chi connectivity index (χ2n) is 6.36. The highest BCUT2D eigenvalue weighted by atomic mass is 32.1. The van der Waals surface area contributed by atoms with Crippen molar-refractivity contribution in [3.8, 4) is 0 Å². The molecule has 4 nitrogen and oxygen atoms in total. The zero-order valence-corrected chi connectivity index (χ0v) is 13.5. The molecule has 5 heteroatoms. The molecule has 2 fully saturated rings. The van der Waals surface area contributed by atoms with Crippen LogP contribution in [0, 0.1) is 6.92 Å². The van der Waals surface area contributed by atoms with Crippen LogP contribution in [-0.2, 0) is 11.3 Å². The van der Waals surface area contributed by atoms with Gasteiger partial charge in [0.2, 0.25) is 0 Å². The highest BCUT2D eigenvalue weighted by Crippen LogP contribution is 2.38. The SMILES string of the molecule is Cc1ncsc1CN[C@H]1CC2(CCN(C)CC2)O[C@H]1C. The van der Waals surface area contributed by atoms with E-state index in [4.69, 9.17) is 4.74 Å². The molecule has 3 rings (SSSR count). The van der Waals surface area contributed by atoms with Crippen molar-refractivity contribution in [1.29, 1.82) is 0 Å². The smallest absolute Gasteiger partial charge is 0.0798 e. The molecule has 1 aromatic heterocycles. The van der Waals surface area contributed by atoms with Gasteiger partial charge in [0.15, 0.2) is 0 Å². The van der Waals surface area contributed by atoms with Gasteiger partial charge in [-0.05, 0) is 40.2 Å². The number of aromatic nitrogens is 1. The van der Waals surface area contributed by atoms with E-state index < -0.39 is 0 Å². The van der Waals surface area contributed by atoms with E-state index in [0.717, 1.165) is 31.7 Å². The molecule has 2 atom stereocenters. The van der Waals surface area contributed by atoms with Crippen LogP contribution in [0.1, 0.15) is 36.8 Å². The molecule has 3 heterocycles. The summed E-state index contributed by atoms with van der Waals surface area (Å²) in [6.45, 7) is 7.54. The Morgan fingerprint density at radius 3 is 2.90 bits per heavy atom. The highest BCUT2D eigenvalue weighted by molar-refractivity contribution is 7.09. The summed E-state index contributed by atoms with van der Waals surface area (Å²) < 4.78 is 6.35. The van der Waals surface area contributed by atoms with Crippen molar-refractivity contribution in [1.82, 2.24) is 15.2 Å². The van der Waals surface area contributed by atoms with Crippen molar-refractivity contribution in [2.75, 3.05) is 20.1 Å². The third kappa shape index (κ3) is 2.91. The van der Waals surface area contributed by atoms with Crippen molar-refractivity contribution in [2.45, 2.75) is 57.4 Å². The van der Waals surface area contributed by atoms with Gasteiger partial charge in [-0.1, -0.05) is 0 Å². The summed E-state index contributed by atoms with van der Waals surface area (Å²) in [5.74, 6) is 0. The number of ether oxygens (including phenoxy) is 1. The Labute approximate surface area is 125 Å². The molecular weight excluding hydrogens is 270 g/mol. The lowest BCUT2D eigenvalue weighted by atomic mass is 9.87. The van der Waals surface area contributed by atoms with E-state index in [2.05, 4.69) is 36.1 Å². The summed E-state index contributed by atoms with van der Waals surface area (Å²) in [5.41, 5.74) is 3.22. The third-order valence-corrected chi connectivity index (χ3v) is 5.80. The molecule has 20 heavy (non-hydrogen) atoms. The number of thiazole rings is 1. The number of aryl methyl sites for hydroxylation is 1. The van der Waals surface area contributed by atoms with Gasteiger partial charge in [0.05, 0.1) is 22.9 Å². The maximum atomic E-state index is 6.35. The zero-order chi connectivity index (χ0) is 14.2. The summed E-state index contributed by atoms with van der Waals surface area (Å²) in [5, 5.41) is 3.69. The van der Waals surface area contributed by atoms with Crippen LogP contribution < -0.4 is 5.32 Å². The van der Waals surface area contributed by atoms with Crippen LogP contribution in [0.15, 0.2) is 5.51 Å². The molecule has 112 valence electrons. The van der Waals surface area contributed by atoms with Crippen LogP contribution in [0.5, 0.6) is 0 Å². The molecule has 1 aromatic rings. The van der Waals surface area contributed by atoms with Crippen LogP contribution in [0.4, 0.5) is 0 Å². The minimum absolute atomic E-state index is 0.131. The fraction of sp³-hybridized carbons (Fsp3) is 0.800. The lowest BCUT2D eigenvalue weighted by Gasteiger charge is -2.37. The molecule has 0 bridgehead atoms. The lowest BCUT2D eigenvalue weighted by molar-refractivity contribution is -0.0693. The maximum absolute atomic E-state index is 6.35. The topological polar surface area (TPSA) is 37.4 Å². The van der Waals surface area contributed by atoms with Crippen molar-refractivity contribution >= 4 is 11.3 Å².